The van der Waals surface area contributed by atoms with E-state index in [0.29, 0.717) is 29.6 Å². The van der Waals surface area contributed by atoms with Gasteiger partial charge in [-0.2, -0.15) is 0 Å². The molecule has 1 aliphatic carbocycles. The minimum absolute atomic E-state index is 0.0580. The zero-order chi connectivity index (χ0) is 17.4. The Labute approximate surface area is 151 Å². The van der Waals surface area contributed by atoms with Gasteiger partial charge in [0.15, 0.2) is 5.58 Å². The van der Waals surface area contributed by atoms with Crippen molar-refractivity contribution in [2.45, 2.75) is 51.0 Å². The molecule has 2 heterocycles. The largest absolute Gasteiger partial charge is 0.420 e. The molecule has 1 amide bonds. The van der Waals surface area contributed by atoms with Crippen LogP contribution in [0.15, 0.2) is 27.4 Å². The van der Waals surface area contributed by atoms with E-state index in [2.05, 4.69) is 0 Å². The second kappa shape index (κ2) is 6.87. The summed E-state index contributed by atoms with van der Waals surface area (Å²) in [6.45, 7) is 1.42. The van der Waals surface area contributed by atoms with Crippen LogP contribution >= 0.6 is 11.6 Å². The molecule has 0 unspecified atom stereocenters. The molecule has 134 valence electrons. The molecule has 1 aliphatic heterocycles. The van der Waals surface area contributed by atoms with Gasteiger partial charge in [-0.15, -0.1) is 0 Å². The van der Waals surface area contributed by atoms with E-state index in [9.17, 15) is 9.59 Å². The molecule has 1 saturated heterocycles. The number of carbonyl (C=O) groups is 1. The van der Waals surface area contributed by atoms with Crippen molar-refractivity contribution in [3.05, 3.63) is 33.8 Å². The maximum absolute atomic E-state index is 12.7. The lowest BCUT2D eigenvalue weighted by Gasteiger charge is -2.35. The van der Waals surface area contributed by atoms with E-state index < -0.39 is 0 Å². The molecule has 0 N–H and O–H groups in total. The molecular formula is C19H23ClN2O3. The second-order valence-electron chi connectivity index (χ2n) is 7.24. The smallest absolute Gasteiger partial charge is 0.408 e. The number of fused-ring (bicyclic) bond motifs is 1. The van der Waals surface area contributed by atoms with Gasteiger partial charge in [-0.1, -0.05) is 30.9 Å². The highest BCUT2D eigenvalue weighted by Crippen LogP contribution is 2.30. The first-order chi connectivity index (χ1) is 12.1. The number of nitrogens with zero attached hydrogens (tertiary/aromatic N) is 2. The van der Waals surface area contributed by atoms with Crippen LogP contribution in [0.5, 0.6) is 0 Å². The van der Waals surface area contributed by atoms with Gasteiger partial charge in [-0.25, -0.2) is 4.79 Å². The van der Waals surface area contributed by atoms with Crippen LogP contribution in [0.3, 0.4) is 0 Å². The van der Waals surface area contributed by atoms with Crippen LogP contribution < -0.4 is 5.76 Å². The van der Waals surface area contributed by atoms with E-state index in [4.69, 9.17) is 16.0 Å². The molecule has 1 saturated carbocycles. The Morgan fingerprint density at radius 1 is 1.08 bits per heavy atom. The molecule has 5 nitrogen and oxygen atoms in total. The summed E-state index contributed by atoms with van der Waals surface area (Å²) in [7, 11) is 0. The number of piperidine rings is 1. The van der Waals surface area contributed by atoms with Gasteiger partial charge in [0.2, 0.25) is 5.91 Å². The Morgan fingerprint density at radius 2 is 1.80 bits per heavy atom. The summed E-state index contributed by atoms with van der Waals surface area (Å²) in [6, 6.07) is 5.30. The lowest BCUT2D eigenvalue weighted by atomic mass is 9.87. The van der Waals surface area contributed by atoms with Gasteiger partial charge in [0.1, 0.15) is 0 Å². The number of benzene rings is 1. The van der Waals surface area contributed by atoms with Crippen LogP contribution in [-0.2, 0) is 4.79 Å². The number of amides is 1. The van der Waals surface area contributed by atoms with Crippen LogP contribution in [-0.4, -0.2) is 28.5 Å². The molecule has 0 spiro atoms. The topological polar surface area (TPSA) is 55.5 Å². The fourth-order valence-corrected chi connectivity index (χ4v) is 4.47. The summed E-state index contributed by atoms with van der Waals surface area (Å²) in [4.78, 5) is 27.0. The molecule has 2 fully saturated rings. The van der Waals surface area contributed by atoms with Crippen molar-refractivity contribution >= 4 is 28.6 Å². The number of hydrogen-bond donors (Lipinski definition) is 0. The third-order valence-corrected chi connectivity index (χ3v) is 5.91. The molecule has 0 bridgehead atoms. The molecule has 1 aromatic heterocycles. The zero-order valence-electron chi connectivity index (χ0n) is 14.2. The summed E-state index contributed by atoms with van der Waals surface area (Å²) in [5, 5.41) is 0.590. The highest BCUT2D eigenvalue weighted by atomic mass is 35.5. The number of aromatic nitrogens is 1. The molecule has 0 atom stereocenters. The van der Waals surface area contributed by atoms with Crippen molar-refractivity contribution in [2.24, 2.45) is 5.92 Å². The van der Waals surface area contributed by atoms with E-state index in [1.807, 2.05) is 4.90 Å². The first-order valence-electron chi connectivity index (χ1n) is 9.23. The molecule has 2 aliphatic rings. The minimum atomic E-state index is -0.339. The summed E-state index contributed by atoms with van der Waals surface area (Å²) in [5.41, 5.74) is 1.31. The van der Waals surface area contributed by atoms with Crippen molar-refractivity contribution < 1.29 is 9.21 Å². The monoisotopic (exact) mass is 362 g/mol. The molecule has 0 radical (unpaired) electrons. The summed E-state index contributed by atoms with van der Waals surface area (Å²) >= 11 is 6.08. The molecule has 4 rings (SSSR count). The van der Waals surface area contributed by atoms with Gasteiger partial charge < -0.3 is 9.32 Å². The Kier molecular flexibility index (Phi) is 4.59. The number of oxazole rings is 1. The van der Waals surface area contributed by atoms with Gasteiger partial charge in [-0.05, 0) is 43.9 Å². The Morgan fingerprint density at radius 3 is 2.52 bits per heavy atom. The Hall–Kier alpha value is -1.75. The van der Waals surface area contributed by atoms with Gasteiger partial charge >= 0.3 is 5.76 Å². The highest BCUT2D eigenvalue weighted by molar-refractivity contribution is 6.31. The van der Waals surface area contributed by atoms with Gasteiger partial charge in [0.25, 0.3) is 0 Å². The molecular weight excluding hydrogens is 340 g/mol. The lowest BCUT2D eigenvalue weighted by Crippen LogP contribution is -2.43. The standard InChI is InChI=1S/C19H23ClN2O3/c20-14-6-7-17-16(12-14)22(19(24)25-17)15-8-10-21(11-9-15)18(23)13-4-2-1-3-5-13/h6-7,12-13,15H,1-5,8-11H2. The van der Waals surface area contributed by atoms with Gasteiger partial charge in [-0.3, -0.25) is 9.36 Å². The number of hydrogen-bond acceptors (Lipinski definition) is 3. The van der Waals surface area contributed by atoms with E-state index in [1.165, 1.54) is 19.3 Å². The number of halogens is 1. The van der Waals surface area contributed by atoms with Crippen molar-refractivity contribution in [1.29, 1.82) is 0 Å². The first-order valence-corrected chi connectivity index (χ1v) is 9.60. The average molecular weight is 363 g/mol. The minimum Gasteiger partial charge on any atom is -0.408 e. The van der Waals surface area contributed by atoms with E-state index in [1.54, 1.807) is 22.8 Å². The normalized spacial score (nSPS) is 20.3. The predicted octanol–water partition coefficient (Wildman–Crippen LogP) is 3.99. The quantitative estimate of drug-likeness (QED) is 0.811. The molecule has 6 heteroatoms. The predicted molar refractivity (Wildman–Crippen MR) is 96.9 cm³/mol. The van der Waals surface area contributed by atoms with Crippen LogP contribution in [0.1, 0.15) is 51.0 Å². The van der Waals surface area contributed by atoms with E-state index in [0.717, 1.165) is 31.2 Å². The van der Waals surface area contributed by atoms with E-state index >= 15 is 0 Å². The summed E-state index contributed by atoms with van der Waals surface area (Å²) in [5.74, 6) is 0.182. The molecule has 2 aromatic rings. The molecule has 25 heavy (non-hydrogen) atoms. The average Bonchev–Trinajstić information content (AvgIpc) is 2.97. The van der Waals surface area contributed by atoms with Gasteiger partial charge in [0, 0.05) is 30.1 Å². The maximum Gasteiger partial charge on any atom is 0.420 e. The van der Waals surface area contributed by atoms with Crippen LogP contribution in [0.25, 0.3) is 11.1 Å². The fraction of sp³-hybridized carbons (Fsp3) is 0.579. The summed E-state index contributed by atoms with van der Waals surface area (Å²) < 4.78 is 7.06. The molecule has 1 aromatic carbocycles. The summed E-state index contributed by atoms with van der Waals surface area (Å²) in [6.07, 6.45) is 7.21. The fourth-order valence-electron chi connectivity index (χ4n) is 4.30. The van der Waals surface area contributed by atoms with Crippen molar-refractivity contribution in [3.8, 4) is 0 Å². The number of carbonyl (C=O) groups excluding carboxylic acids is 1. The SMILES string of the molecule is O=C(C1CCCCC1)N1CCC(n2c(=O)oc3ccc(Cl)cc32)CC1. The third-order valence-electron chi connectivity index (χ3n) is 5.67. The maximum atomic E-state index is 12.7. The van der Waals surface area contributed by atoms with Crippen LogP contribution in [0.4, 0.5) is 0 Å². The van der Waals surface area contributed by atoms with E-state index in [-0.39, 0.29) is 17.7 Å². The Bertz CT molecular complexity index is 827. The Balaban J connectivity index is 1.49. The number of rotatable bonds is 2. The van der Waals surface area contributed by atoms with Crippen molar-refractivity contribution in [2.75, 3.05) is 13.1 Å². The van der Waals surface area contributed by atoms with Gasteiger partial charge in [0.05, 0.1) is 5.52 Å². The number of likely N-dealkylation sites (tertiary alicyclic amines) is 1. The van der Waals surface area contributed by atoms with Crippen molar-refractivity contribution in [1.82, 2.24) is 9.47 Å². The first kappa shape index (κ1) is 16.7. The van der Waals surface area contributed by atoms with Crippen molar-refractivity contribution in [3.63, 3.8) is 0 Å². The zero-order valence-corrected chi connectivity index (χ0v) is 15.0. The second-order valence-corrected chi connectivity index (χ2v) is 7.68. The third kappa shape index (κ3) is 3.22. The highest BCUT2D eigenvalue weighted by Gasteiger charge is 2.30. The lowest BCUT2D eigenvalue weighted by molar-refractivity contribution is -0.137. The van der Waals surface area contributed by atoms with Crippen LogP contribution in [0.2, 0.25) is 5.02 Å². The van der Waals surface area contributed by atoms with Crippen LogP contribution in [0, 0.1) is 5.92 Å².